The summed E-state index contributed by atoms with van der Waals surface area (Å²) in [4.78, 5) is 26.8. The van der Waals surface area contributed by atoms with Crippen LogP contribution in [0.5, 0.6) is 0 Å². The van der Waals surface area contributed by atoms with Crippen molar-refractivity contribution in [3.63, 3.8) is 0 Å². The first-order chi connectivity index (χ1) is 9.70. The monoisotopic (exact) mass is 308 g/mol. The Morgan fingerprint density at radius 1 is 1.24 bits per heavy atom. The molecular weight excluding hydrogens is 288 g/mol. The van der Waals surface area contributed by atoms with Crippen molar-refractivity contribution < 1.29 is 9.59 Å². The molecule has 2 amide bonds. The fraction of sp³-hybridized carbons (Fsp3) is 0.500. The molecule has 1 aromatic rings. The van der Waals surface area contributed by atoms with Gasteiger partial charge in [-0.1, -0.05) is 30.7 Å². The number of hydrogen-bond donors (Lipinski definition) is 1. The van der Waals surface area contributed by atoms with Crippen LogP contribution in [-0.2, 0) is 16.1 Å². The van der Waals surface area contributed by atoms with Gasteiger partial charge in [-0.05, 0) is 44.9 Å². The molecule has 114 valence electrons. The molecule has 1 aliphatic rings. The summed E-state index contributed by atoms with van der Waals surface area (Å²) in [5.74, 6) is -0.192. The second-order valence-corrected chi connectivity index (χ2v) is 6.66. The lowest BCUT2D eigenvalue weighted by Crippen LogP contribution is -2.72. The van der Waals surface area contributed by atoms with Crippen LogP contribution in [0.15, 0.2) is 24.3 Å². The molecule has 0 aliphatic carbocycles. The van der Waals surface area contributed by atoms with Crippen LogP contribution in [0.3, 0.4) is 0 Å². The first-order valence-corrected chi connectivity index (χ1v) is 7.47. The van der Waals surface area contributed by atoms with Crippen molar-refractivity contribution in [3.8, 4) is 0 Å². The zero-order valence-electron chi connectivity index (χ0n) is 12.9. The van der Waals surface area contributed by atoms with Crippen LogP contribution in [0.4, 0.5) is 0 Å². The van der Waals surface area contributed by atoms with Crippen molar-refractivity contribution in [1.29, 1.82) is 0 Å². The number of carbonyl (C=O) groups is 2. The van der Waals surface area contributed by atoms with Crippen molar-refractivity contribution in [1.82, 2.24) is 10.2 Å². The van der Waals surface area contributed by atoms with Gasteiger partial charge in [-0.2, -0.15) is 0 Å². The number of hydrogen-bond acceptors (Lipinski definition) is 2. The average molecular weight is 309 g/mol. The van der Waals surface area contributed by atoms with Crippen LogP contribution in [0.25, 0.3) is 0 Å². The molecule has 1 aliphatic heterocycles. The molecule has 4 nitrogen and oxygen atoms in total. The molecule has 1 heterocycles. The van der Waals surface area contributed by atoms with Crippen molar-refractivity contribution in [3.05, 3.63) is 34.9 Å². The highest BCUT2D eigenvalue weighted by molar-refractivity contribution is 6.30. The Morgan fingerprint density at radius 3 is 2.48 bits per heavy atom. The summed E-state index contributed by atoms with van der Waals surface area (Å²) in [6, 6.07) is 7.37. The Balaban J connectivity index is 2.40. The number of carbonyl (C=O) groups excluding carboxylic acids is 2. The van der Waals surface area contributed by atoms with E-state index >= 15 is 0 Å². The van der Waals surface area contributed by atoms with Gasteiger partial charge in [-0.25, -0.2) is 0 Å². The zero-order chi connectivity index (χ0) is 15.8. The summed E-state index contributed by atoms with van der Waals surface area (Å²) in [5, 5.41) is 3.44. The molecule has 21 heavy (non-hydrogen) atoms. The number of nitrogens with zero attached hydrogens (tertiary/aromatic N) is 1. The molecule has 0 radical (unpaired) electrons. The molecule has 0 spiro atoms. The van der Waals surface area contributed by atoms with Gasteiger partial charge in [0.1, 0.15) is 11.1 Å². The largest absolute Gasteiger partial charge is 0.340 e. The van der Waals surface area contributed by atoms with E-state index in [-0.39, 0.29) is 11.8 Å². The molecule has 0 saturated carbocycles. The van der Waals surface area contributed by atoms with E-state index in [1.807, 2.05) is 25.1 Å². The number of rotatable bonds is 3. The van der Waals surface area contributed by atoms with Crippen LogP contribution in [0.1, 0.15) is 39.7 Å². The van der Waals surface area contributed by atoms with Gasteiger partial charge in [0.05, 0.1) is 0 Å². The molecule has 0 aromatic heterocycles. The fourth-order valence-corrected chi connectivity index (χ4v) is 2.78. The number of nitrogens with one attached hydrogen (secondary N) is 1. The summed E-state index contributed by atoms with van der Waals surface area (Å²) in [6.45, 7) is 7.55. The molecule has 0 bridgehead atoms. The minimum atomic E-state index is -0.885. The average Bonchev–Trinajstić information content (AvgIpc) is 2.41. The van der Waals surface area contributed by atoms with E-state index in [9.17, 15) is 9.59 Å². The molecule has 5 heteroatoms. The maximum absolute atomic E-state index is 12.7. The van der Waals surface area contributed by atoms with Crippen molar-refractivity contribution in [2.24, 2.45) is 0 Å². The Bertz CT molecular complexity index is 585. The molecule has 1 aromatic carbocycles. The van der Waals surface area contributed by atoms with Gasteiger partial charge in [0.25, 0.3) is 0 Å². The van der Waals surface area contributed by atoms with Crippen molar-refractivity contribution in [2.45, 2.75) is 51.7 Å². The highest BCUT2D eigenvalue weighted by atomic mass is 35.5. The molecule has 1 N–H and O–H groups in total. The summed E-state index contributed by atoms with van der Waals surface area (Å²) < 4.78 is 0. The number of amides is 2. The minimum Gasteiger partial charge on any atom is -0.340 e. The maximum atomic E-state index is 12.7. The van der Waals surface area contributed by atoms with Crippen LogP contribution in [0, 0.1) is 0 Å². The Labute approximate surface area is 130 Å². The third-order valence-electron chi connectivity index (χ3n) is 4.21. The van der Waals surface area contributed by atoms with Gasteiger partial charge in [0.15, 0.2) is 0 Å². The number of halogens is 1. The van der Waals surface area contributed by atoms with E-state index in [0.717, 1.165) is 5.56 Å². The Kier molecular flexibility index (Phi) is 4.02. The normalized spacial score (nSPS) is 24.9. The van der Waals surface area contributed by atoms with Gasteiger partial charge in [0.2, 0.25) is 11.8 Å². The smallest absolute Gasteiger partial charge is 0.248 e. The molecule has 1 saturated heterocycles. The highest BCUT2D eigenvalue weighted by Gasteiger charge is 2.51. The SMILES string of the molecule is CCC1(C)C(=O)NC(C)(C)C(=O)N1Cc1cccc(Cl)c1. The lowest BCUT2D eigenvalue weighted by molar-refractivity contribution is -0.161. The van der Waals surface area contributed by atoms with E-state index in [2.05, 4.69) is 5.32 Å². The van der Waals surface area contributed by atoms with Crippen LogP contribution in [0.2, 0.25) is 5.02 Å². The summed E-state index contributed by atoms with van der Waals surface area (Å²) >= 11 is 6.01. The molecule has 1 unspecified atom stereocenters. The maximum Gasteiger partial charge on any atom is 0.248 e. The van der Waals surface area contributed by atoms with E-state index in [4.69, 9.17) is 11.6 Å². The minimum absolute atomic E-state index is 0.0774. The van der Waals surface area contributed by atoms with Crippen LogP contribution in [-0.4, -0.2) is 27.8 Å². The second kappa shape index (κ2) is 5.34. The third-order valence-corrected chi connectivity index (χ3v) is 4.44. The van der Waals surface area contributed by atoms with Gasteiger partial charge < -0.3 is 10.2 Å². The van der Waals surface area contributed by atoms with E-state index in [1.165, 1.54) is 0 Å². The van der Waals surface area contributed by atoms with Gasteiger partial charge >= 0.3 is 0 Å². The summed E-state index contributed by atoms with van der Waals surface area (Å²) in [6.07, 6.45) is 0.557. The van der Waals surface area contributed by atoms with Crippen molar-refractivity contribution in [2.75, 3.05) is 0 Å². The molecule has 1 atom stereocenters. The molecule has 1 fully saturated rings. The predicted molar refractivity (Wildman–Crippen MR) is 82.9 cm³/mol. The summed E-state index contributed by atoms with van der Waals surface area (Å²) in [5.41, 5.74) is -0.805. The molecule has 2 rings (SSSR count). The quantitative estimate of drug-likeness (QED) is 0.933. The standard InChI is InChI=1S/C16H21ClN2O2/c1-5-16(4)13(20)18-15(2,3)14(21)19(16)10-11-7-6-8-12(17)9-11/h6-9H,5,10H2,1-4H3,(H,18,20). The third kappa shape index (κ3) is 2.77. The van der Waals surface area contributed by atoms with Crippen LogP contribution < -0.4 is 5.32 Å². The zero-order valence-corrected chi connectivity index (χ0v) is 13.6. The highest BCUT2D eigenvalue weighted by Crippen LogP contribution is 2.30. The Hall–Kier alpha value is -1.55. The van der Waals surface area contributed by atoms with E-state index in [1.54, 1.807) is 31.7 Å². The van der Waals surface area contributed by atoms with E-state index < -0.39 is 11.1 Å². The topological polar surface area (TPSA) is 49.4 Å². The van der Waals surface area contributed by atoms with Gasteiger partial charge in [-0.3, -0.25) is 9.59 Å². The first-order valence-electron chi connectivity index (χ1n) is 7.10. The Morgan fingerprint density at radius 2 is 1.90 bits per heavy atom. The second-order valence-electron chi connectivity index (χ2n) is 6.23. The number of benzene rings is 1. The van der Waals surface area contributed by atoms with Crippen LogP contribution >= 0.6 is 11.6 Å². The first kappa shape index (κ1) is 15.8. The predicted octanol–water partition coefficient (Wildman–Crippen LogP) is 2.75. The fourth-order valence-electron chi connectivity index (χ4n) is 2.57. The van der Waals surface area contributed by atoms with E-state index in [0.29, 0.717) is 18.0 Å². The van der Waals surface area contributed by atoms with Crippen molar-refractivity contribution >= 4 is 23.4 Å². The van der Waals surface area contributed by atoms with Gasteiger partial charge in [0, 0.05) is 11.6 Å². The van der Waals surface area contributed by atoms with Gasteiger partial charge in [-0.15, -0.1) is 0 Å². The lowest BCUT2D eigenvalue weighted by Gasteiger charge is -2.49. The molecular formula is C16H21ClN2O2. The summed E-state index contributed by atoms with van der Waals surface area (Å²) in [7, 11) is 0. The lowest BCUT2D eigenvalue weighted by atomic mass is 9.86. The number of piperazine rings is 1.